The van der Waals surface area contributed by atoms with E-state index in [0.29, 0.717) is 0 Å². The van der Waals surface area contributed by atoms with Crippen LogP contribution in [-0.4, -0.2) is 29.6 Å². The monoisotopic (exact) mass is 277 g/mol. The zero-order valence-corrected chi connectivity index (χ0v) is 13.7. The predicted octanol–water partition coefficient (Wildman–Crippen LogP) is 2.88. The first-order valence-corrected chi connectivity index (χ1v) is 7.79. The molecule has 2 atom stereocenters. The molecule has 3 heteroatoms. The van der Waals surface area contributed by atoms with E-state index in [0.717, 1.165) is 25.9 Å². The number of aryl methyl sites for hydroxylation is 1. The number of nitrogens with zero attached hydrogens (tertiary/aromatic N) is 1. The van der Waals surface area contributed by atoms with Crippen LogP contribution in [0.15, 0.2) is 24.3 Å². The molecule has 0 bridgehead atoms. The maximum atomic E-state index is 5.90. The molecule has 1 rings (SSSR count). The average Bonchev–Trinajstić information content (AvgIpc) is 2.47. The van der Waals surface area contributed by atoms with E-state index >= 15 is 0 Å². The van der Waals surface area contributed by atoms with Gasteiger partial charge in [0.05, 0.1) is 0 Å². The van der Waals surface area contributed by atoms with E-state index in [1.165, 1.54) is 11.1 Å². The summed E-state index contributed by atoms with van der Waals surface area (Å²) in [6.45, 7) is 13.3. The molecule has 0 fully saturated rings. The molecule has 1 aromatic rings. The Morgan fingerprint density at radius 3 is 2.25 bits per heavy atom. The molecular weight excluding hydrogens is 246 g/mol. The molecular formula is C17H31N3. The first kappa shape index (κ1) is 17.2. The average molecular weight is 277 g/mol. The molecule has 0 amide bonds. The van der Waals surface area contributed by atoms with Gasteiger partial charge in [-0.25, -0.2) is 0 Å². The van der Waals surface area contributed by atoms with Crippen molar-refractivity contribution >= 4 is 0 Å². The minimum atomic E-state index is 0.0700. The van der Waals surface area contributed by atoms with E-state index in [1.54, 1.807) is 0 Å². The Kier molecular flexibility index (Phi) is 6.66. The second-order valence-electron chi connectivity index (χ2n) is 5.73. The Bertz CT molecular complexity index is 401. The lowest BCUT2D eigenvalue weighted by Gasteiger charge is -2.45. The molecule has 0 radical (unpaired) electrons. The van der Waals surface area contributed by atoms with Gasteiger partial charge in [0.2, 0.25) is 0 Å². The summed E-state index contributed by atoms with van der Waals surface area (Å²) in [5.41, 5.74) is 5.86. The van der Waals surface area contributed by atoms with Gasteiger partial charge < -0.3 is 0 Å². The molecule has 0 aliphatic carbocycles. The highest BCUT2D eigenvalue weighted by molar-refractivity contribution is 5.27. The number of hydrogen-bond acceptors (Lipinski definition) is 3. The minimum absolute atomic E-state index is 0.0700. The molecule has 0 spiro atoms. The van der Waals surface area contributed by atoms with Crippen LogP contribution in [0.2, 0.25) is 0 Å². The first-order chi connectivity index (χ1) is 9.53. The molecule has 0 aliphatic heterocycles. The molecule has 0 saturated heterocycles. The summed E-state index contributed by atoms with van der Waals surface area (Å²) in [4.78, 5) is 2.51. The van der Waals surface area contributed by atoms with Crippen LogP contribution in [0.25, 0.3) is 0 Å². The molecule has 2 unspecified atom stereocenters. The summed E-state index contributed by atoms with van der Waals surface area (Å²) < 4.78 is 0. The Labute approximate surface area is 124 Å². The normalized spacial score (nSPS) is 16.1. The van der Waals surface area contributed by atoms with Gasteiger partial charge in [-0.15, -0.1) is 0 Å². The summed E-state index contributed by atoms with van der Waals surface area (Å²) in [6, 6.07) is 8.82. The van der Waals surface area contributed by atoms with Crippen LogP contribution in [0.1, 0.15) is 45.2 Å². The third-order valence-electron chi connectivity index (χ3n) is 4.84. The molecule has 0 saturated carbocycles. The number of benzene rings is 1. The van der Waals surface area contributed by atoms with Crippen molar-refractivity contribution in [3.05, 3.63) is 35.4 Å². The maximum Gasteiger partial charge on any atom is 0.0432 e. The topological polar surface area (TPSA) is 41.3 Å². The van der Waals surface area contributed by atoms with E-state index in [9.17, 15) is 0 Å². The zero-order valence-electron chi connectivity index (χ0n) is 13.7. The van der Waals surface area contributed by atoms with Crippen molar-refractivity contribution in [1.29, 1.82) is 0 Å². The van der Waals surface area contributed by atoms with Crippen molar-refractivity contribution in [2.24, 2.45) is 5.84 Å². The molecule has 20 heavy (non-hydrogen) atoms. The third-order valence-corrected chi connectivity index (χ3v) is 4.84. The summed E-state index contributed by atoms with van der Waals surface area (Å²) in [7, 11) is 0. The smallest absolute Gasteiger partial charge is 0.0432 e. The fourth-order valence-electron chi connectivity index (χ4n) is 3.15. The van der Waals surface area contributed by atoms with Gasteiger partial charge in [0, 0.05) is 11.6 Å². The second-order valence-corrected chi connectivity index (χ2v) is 5.73. The van der Waals surface area contributed by atoms with Gasteiger partial charge in [0.15, 0.2) is 0 Å². The number of hydrazine groups is 1. The fraction of sp³-hybridized carbons (Fsp3) is 0.647. The molecule has 1 aromatic carbocycles. The van der Waals surface area contributed by atoms with Gasteiger partial charge in [-0.2, -0.15) is 0 Å². The van der Waals surface area contributed by atoms with Crippen molar-refractivity contribution in [2.75, 3.05) is 13.1 Å². The Morgan fingerprint density at radius 1 is 1.20 bits per heavy atom. The van der Waals surface area contributed by atoms with Crippen molar-refractivity contribution < 1.29 is 0 Å². The Hall–Kier alpha value is -0.900. The predicted molar refractivity (Wildman–Crippen MR) is 87.6 cm³/mol. The standard InChI is InChI=1S/C17H31N3/c1-6-17(5,20(7-2)8-3)16(19-18)13-15-12-10-9-11-14(15)4/h9-12,16,19H,6-8,13,18H2,1-5H3. The molecule has 0 aromatic heterocycles. The lowest BCUT2D eigenvalue weighted by molar-refractivity contribution is 0.0700. The first-order valence-electron chi connectivity index (χ1n) is 7.79. The van der Waals surface area contributed by atoms with Gasteiger partial charge in [0.25, 0.3) is 0 Å². The lowest BCUT2D eigenvalue weighted by Crippen LogP contribution is -2.61. The maximum absolute atomic E-state index is 5.90. The highest BCUT2D eigenvalue weighted by Crippen LogP contribution is 2.26. The number of hydrogen-bond donors (Lipinski definition) is 2. The van der Waals surface area contributed by atoms with E-state index in [1.807, 2.05) is 0 Å². The van der Waals surface area contributed by atoms with Crippen LogP contribution in [-0.2, 0) is 6.42 Å². The number of rotatable bonds is 8. The zero-order chi connectivity index (χ0) is 15.2. The minimum Gasteiger partial charge on any atom is -0.297 e. The lowest BCUT2D eigenvalue weighted by atomic mass is 9.83. The highest BCUT2D eigenvalue weighted by atomic mass is 15.3. The molecule has 0 heterocycles. The van der Waals surface area contributed by atoms with Crippen molar-refractivity contribution in [2.45, 2.75) is 59.0 Å². The van der Waals surface area contributed by atoms with E-state index in [-0.39, 0.29) is 11.6 Å². The third kappa shape index (κ3) is 3.60. The van der Waals surface area contributed by atoms with Crippen molar-refractivity contribution in [3.63, 3.8) is 0 Å². The fourth-order valence-corrected chi connectivity index (χ4v) is 3.15. The summed E-state index contributed by atoms with van der Waals surface area (Å²) >= 11 is 0. The summed E-state index contributed by atoms with van der Waals surface area (Å²) in [6.07, 6.45) is 2.04. The van der Waals surface area contributed by atoms with E-state index in [4.69, 9.17) is 5.84 Å². The molecule has 3 N–H and O–H groups in total. The summed E-state index contributed by atoms with van der Waals surface area (Å²) in [5, 5.41) is 0. The van der Waals surface area contributed by atoms with Crippen LogP contribution in [0.5, 0.6) is 0 Å². The quantitative estimate of drug-likeness (QED) is 0.567. The Morgan fingerprint density at radius 2 is 1.80 bits per heavy atom. The van der Waals surface area contributed by atoms with Crippen LogP contribution in [0, 0.1) is 6.92 Å². The largest absolute Gasteiger partial charge is 0.297 e. The van der Waals surface area contributed by atoms with Crippen molar-refractivity contribution in [1.82, 2.24) is 10.3 Å². The SMILES string of the molecule is CCN(CC)C(C)(CC)C(Cc1ccccc1C)NN. The Balaban J connectivity index is 3.01. The number of likely N-dealkylation sites (N-methyl/N-ethyl adjacent to an activating group) is 1. The second kappa shape index (κ2) is 7.77. The van der Waals surface area contributed by atoms with Gasteiger partial charge in [0.1, 0.15) is 0 Å². The van der Waals surface area contributed by atoms with Crippen molar-refractivity contribution in [3.8, 4) is 0 Å². The van der Waals surface area contributed by atoms with Crippen LogP contribution >= 0.6 is 0 Å². The number of nitrogens with two attached hydrogens (primary N) is 1. The van der Waals surface area contributed by atoms with Crippen LogP contribution < -0.4 is 11.3 Å². The molecule has 114 valence electrons. The molecule has 3 nitrogen and oxygen atoms in total. The van der Waals surface area contributed by atoms with Crippen LogP contribution in [0.4, 0.5) is 0 Å². The van der Waals surface area contributed by atoms with Gasteiger partial charge in [-0.3, -0.25) is 16.2 Å². The van der Waals surface area contributed by atoms with Crippen LogP contribution in [0.3, 0.4) is 0 Å². The summed E-state index contributed by atoms with van der Waals surface area (Å²) in [5.74, 6) is 5.90. The number of nitrogens with one attached hydrogen (secondary N) is 1. The van der Waals surface area contributed by atoms with Gasteiger partial charge in [-0.05, 0) is 50.9 Å². The van der Waals surface area contributed by atoms with E-state index in [2.05, 4.69) is 69.2 Å². The van der Waals surface area contributed by atoms with Gasteiger partial charge >= 0.3 is 0 Å². The highest BCUT2D eigenvalue weighted by Gasteiger charge is 2.36. The molecule has 0 aliphatic rings. The van der Waals surface area contributed by atoms with E-state index < -0.39 is 0 Å². The van der Waals surface area contributed by atoms with Gasteiger partial charge in [-0.1, -0.05) is 45.0 Å².